The molecule has 0 spiro atoms. The normalized spacial score (nSPS) is 49.1. The highest BCUT2D eigenvalue weighted by molar-refractivity contribution is 5.93. The molecule has 136 valence electrons. The first-order valence-electron chi connectivity index (χ1n) is 9.96. The van der Waals surface area contributed by atoms with Crippen molar-refractivity contribution < 1.29 is 14.4 Å². The van der Waals surface area contributed by atoms with Crippen molar-refractivity contribution >= 4 is 17.3 Å². The van der Waals surface area contributed by atoms with E-state index in [2.05, 4.69) is 20.8 Å². The fraction of sp³-hybridized carbons (Fsp3) is 0.773. The molecule has 0 aromatic rings. The van der Waals surface area contributed by atoms with Crippen LogP contribution >= 0.6 is 0 Å². The molecule has 0 aliphatic heterocycles. The molecule has 4 aliphatic carbocycles. The van der Waals surface area contributed by atoms with Gasteiger partial charge in [-0.15, -0.1) is 0 Å². The number of Topliss-reactive ketones (excluding diaryl/α,β-unsaturated/α-hetero) is 2. The van der Waals surface area contributed by atoms with Crippen molar-refractivity contribution in [2.45, 2.75) is 66.2 Å². The second-order valence-corrected chi connectivity index (χ2v) is 9.76. The number of fused-ring (bicyclic) bond motifs is 5. The zero-order valence-corrected chi connectivity index (χ0v) is 15.9. The van der Waals surface area contributed by atoms with E-state index in [9.17, 15) is 14.4 Å². The van der Waals surface area contributed by atoms with Gasteiger partial charge in [0.05, 0.1) is 0 Å². The molecule has 0 saturated heterocycles. The maximum Gasteiger partial charge on any atom is 0.155 e. The summed E-state index contributed by atoms with van der Waals surface area (Å²) < 4.78 is 0. The Balaban J connectivity index is 1.77. The summed E-state index contributed by atoms with van der Waals surface area (Å²) in [7, 11) is 0. The van der Waals surface area contributed by atoms with E-state index >= 15 is 0 Å². The number of rotatable bonds is 1. The van der Waals surface area contributed by atoms with Gasteiger partial charge in [-0.2, -0.15) is 0 Å². The molecule has 0 amide bonds. The van der Waals surface area contributed by atoms with Gasteiger partial charge < -0.3 is 0 Å². The fourth-order valence-electron chi connectivity index (χ4n) is 7.49. The lowest BCUT2D eigenvalue weighted by atomic mass is 9.45. The highest BCUT2D eigenvalue weighted by Crippen LogP contribution is 2.66. The summed E-state index contributed by atoms with van der Waals surface area (Å²) in [5, 5.41) is 0. The van der Waals surface area contributed by atoms with Gasteiger partial charge in [0.2, 0.25) is 0 Å². The molecule has 3 saturated carbocycles. The quantitative estimate of drug-likeness (QED) is 0.719. The van der Waals surface area contributed by atoms with E-state index in [0.29, 0.717) is 36.4 Å². The minimum Gasteiger partial charge on any atom is -0.300 e. The zero-order valence-electron chi connectivity index (χ0n) is 15.9. The van der Waals surface area contributed by atoms with Crippen molar-refractivity contribution in [3.8, 4) is 0 Å². The molecule has 1 unspecified atom stereocenters. The second kappa shape index (κ2) is 5.37. The van der Waals surface area contributed by atoms with Gasteiger partial charge in [-0.1, -0.05) is 26.3 Å². The van der Waals surface area contributed by atoms with E-state index in [-0.39, 0.29) is 34.2 Å². The van der Waals surface area contributed by atoms with E-state index in [4.69, 9.17) is 0 Å². The van der Waals surface area contributed by atoms with E-state index in [1.165, 1.54) is 5.57 Å². The van der Waals surface area contributed by atoms with Crippen LogP contribution in [0.5, 0.6) is 0 Å². The number of hydrogen-bond donors (Lipinski definition) is 0. The van der Waals surface area contributed by atoms with Crippen LogP contribution in [-0.4, -0.2) is 17.3 Å². The second-order valence-electron chi connectivity index (χ2n) is 9.76. The number of ketones is 3. The number of carbonyl (C=O) groups excluding carboxylic acids is 3. The molecule has 0 aromatic heterocycles. The minimum absolute atomic E-state index is 0.0480. The third kappa shape index (κ3) is 2.20. The molecule has 0 aromatic carbocycles. The predicted octanol–water partition coefficient (Wildman–Crippen LogP) is 4.15. The van der Waals surface area contributed by atoms with Crippen molar-refractivity contribution in [3.63, 3.8) is 0 Å². The number of carbonyl (C=O) groups is 3. The molecule has 3 fully saturated rings. The van der Waals surface area contributed by atoms with Gasteiger partial charge in [0.1, 0.15) is 11.6 Å². The van der Waals surface area contributed by atoms with Crippen LogP contribution in [0.1, 0.15) is 66.2 Å². The fourth-order valence-corrected chi connectivity index (χ4v) is 7.49. The molecule has 0 heterocycles. The SMILES string of the molecule is CC(=O)[C@H]1CC[C@H]2[C@@H]3CC(C)C4=CC(=O)CC[C@]4(C)[C@H]3C(=O)C[C@]12C. The molecule has 4 rings (SSSR count). The summed E-state index contributed by atoms with van der Waals surface area (Å²) in [4.78, 5) is 37.6. The van der Waals surface area contributed by atoms with Crippen LogP contribution < -0.4 is 0 Å². The molecule has 0 radical (unpaired) electrons. The lowest BCUT2D eigenvalue weighted by Crippen LogP contribution is -2.56. The van der Waals surface area contributed by atoms with Gasteiger partial charge in [-0.3, -0.25) is 14.4 Å². The molecule has 3 nitrogen and oxygen atoms in total. The molecular weight excluding hydrogens is 312 g/mol. The van der Waals surface area contributed by atoms with E-state index in [1.807, 2.05) is 6.08 Å². The average molecular weight is 342 g/mol. The van der Waals surface area contributed by atoms with Crippen LogP contribution in [0.2, 0.25) is 0 Å². The molecule has 25 heavy (non-hydrogen) atoms. The lowest BCUT2D eigenvalue weighted by molar-refractivity contribution is -0.149. The third-order valence-corrected chi connectivity index (χ3v) is 8.46. The number of hydrogen-bond acceptors (Lipinski definition) is 3. The van der Waals surface area contributed by atoms with Crippen LogP contribution in [0, 0.1) is 40.4 Å². The first-order valence-corrected chi connectivity index (χ1v) is 9.96. The Morgan fingerprint density at radius 1 is 1.20 bits per heavy atom. The summed E-state index contributed by atoms with van der Waals surface area (Å²) in [5.41, 5.74) is 0.928. The zero-order chi connectivity index (χ0) is 18.1. The predicted molar refractivity (Wildman–Crippen MR) is 95.8 cm³/mol. The Kier molecular flexibility index (Phi) is 3.69. The van der Waals surface area contributed by atoms with Gasteiger partial charge in [0, 0.05) is 24.7 Å². The summed E-state index contributed by atoms with van der Waals surface area (Å²) >= 11 is 0. The van der Waals surface area contributed by atoms with Crippen molar-refractivity contribution in [2.75, 3.05) is 0 Å². The standard InChI is InChI=1S/C22H30O3/c1-12-9-15-17-6-5-16(13(2)23)22(17,4)11-19(25)20(15)21(3)8-7-14(24)10-18(12)21/h10,12,15-17,20H,5-9,11H2,1-4H3/t12?,15-,16+,17-,20+,21-,22+/m0/s1. The molecular formula is C22H30O3. The summed E-state index contributed by atoms with van der Waals surface area (Å²) in [5.74, 6) is 2.15. The molecule has 3 heteroatoms. The average Bonchev–Trinajstić information content (AvgIpc) is 2.85. The maximum absolute atomic E-state index is 13.4. The Bertz CT molecular complexity index is 689. The Morgan fingerprint density at radius 2 is 1.92 bits per heavy atom. The van der Waals surface area contributed by atoms with Gasteiger partial charge >= 0.3 is 0 Å². The van der Waals surface area contributed by atoms with E-state index in [0.717, 1.165) is 25.7 Å². The van der Waals surface area contributed by atoms with E-state index in [1.54, 1.807) is 6.92 Å². The van der Waals surface area contributed by atoms with Crippen molar-refractivity contribution in [2.24, 2.45) is 40.4 Å². The Morgan fingerprint density at radius 3 is 2.60 bits per heavy atom. The topological polar surface area (TPSA) is 51.2 Å². The van der Waals surface area contributed by atoms with Crippen LogP contribution in [0.3, 0.4) is 0 Å². The first-order chi connectivity index (χ1) is 11.7. The minimum atomic E-state index is -0.150. The van der Waals surface area contributed by atoms with Gasteiger partial charge in [-0.05, 0) is 67.3 Å². The van der Waals surface area contributed by atoms with Crippen LogP contribution in [-0.2, 0) is 14.4 Å². The highest BCUT2D eigenvalue weighted by atomic mass is 16.1. The van der Waals surface area contributed by atoms with Crippen LogP contribution in [0.25, 0.3) is 0 Å². The molecule has 0 N–H and O–H groups in total. The van der Waals surface area contributed by atoms with Gasteiger partial charge in [0.25, 0.3) is 0 Å². The van der Waals surface area contributed by atoms with Gasteiger partial charge in [-0.25, -0.2) is 0 Å². The third-order valence-electron chi connectivity index (χ3n) is 8.46. The monoisotopic (exact) mass is 342 g/mol. The van der Waals surface area contributed by atoms with Crippen LogP contribution in [0.15, 0.2) is 11.6 Å². The lowest BCUT2D eigenvalue weighted by Gasteiger charge is -2.58. The molecule has 0 bridgehead atoms. The summed E-state index contributed by atoms with van der Waals surface area (Å²) in [6.07, 6.45) is 6.81. The van der Waals surface area contributed by atoms with Crippen molar-refractivity contribution in [1.29, 1.82) is 0 Å². The maximum atomic E-state index is 13.4. The van der Waals surface area contributed by atoms with E-state index < -0.39 is 0 Å². The van der Waals surface area contributed by atoms with Crippen molar-refractivity contribution in [3.05, 3.63) is 11.6 Å². The number of allylic oxidation sites excluding steroid dienone is 1. The van der Waals surface area contributed by atoms with Crippen LogP contribution in [0.4, 0.5) is 0 Å². The Hall–Kier alpha value is -1.25. The Labute approximate surface area is 150 Å². The highest BCUT2D eigenvalue weighted by Gasteiger charge is 2.63. The molecule has 7 atom stereocenters. The largest absolute Gasteiger partial charge is 0.300 e. The van der Waals surface area contributed by atoms with Gasteiger partial charge in [0.15, 0.2) is 5.78 Å². The van der Waals surface area contributed by atoms with Crippen molar-refractivity contribution in [1.82, 2.24) is 0 Å². The first kappa shape index (κ1) is 17.2. The smallest absolute Gasteiger partial charge is 0.155 e. The summed E-state index contributed by atoms with van der Waals surface area (Å²) in [6, 6.07) is 0. The summed E-state index contributed by atoms with van der Waals surface area (Å²) in [6.45, 7) is 8.37. The molecule has 4 aliphatic rings.